The number of hydrogen-bond donors (Lipinski definition) is 0. The fourth-order valence-electron chi connectivity index (χ4n) is 2.71. The average Bonchev–Trinajstić information content (AvgIpc) is 2.58. The van der Waals surface area contributed by atoms with Crippen molar-refractivity contribution in [2.24, 2.45) is 4.40 Å². The molecule has 0 saturated carbocycles. The van der Waals surface area contributed by atoms with Crippen LogP contribution in [0.3, 0.4) is 0 Å². The Morgan fingerprint density at radius 3 is 2.04 bits per heavy atom. The van der Waals surface area contributed by atoms with E-state index in [1.54, 1.807) is 0 Å². The molecule has 5 heteroatoms. The van der Waals surface area contributed by atoms with Gasteiger partial charge in [0.2, 0.25) is 0 Å². The van der Waals surface area contributed by atoms with E-state index < -0.39 is 10.2 Å². The van der Waals surface area contributed by atoms with E-state index in [0.717, 1.165) is 12.0 Å². The summed E-state index contributed by atoms with van der Waals surface area (Å²) in [6.45, 7) is 2.12. The van der Waals surface area contributed by atoms with E-state index in [2.05, 4.69) is 4.40 Å². The third-order valence-corrected chi connectivity index (χ3v) is 5.40. The maximum Gasteiger partial charge on any atom is 0.344 e. The molecule has 0 atom stereocenters. The Labute approximate surface area is 143 Å². The average molecular weight is 340 g/mol. The molecule has 0 spiro atoms. The summed E-state index contributed by atoms with van der Waals surface area (Å²) >= 11 is 0. The summed E-state index contributed by atoms with van der Waals surface area (Å²) in [6.07, 6.45) is 3.25. The van der Waals surface area contributed by atoms with Gasteiger partial charge in [0.25, 0.3) is 0 Å². The molecule has 124 valence electrons. The number of hydrogen-bond acceptors (Lipinski definition) is 2. The summed E-state index contributed by atoms with van der Waals surface area (Å²) < 4.78 is 30.4. The van der Waals surface area contributed by atoms with Crippen molar-refractivity contribution in [2.75, 3.05) is 0 Å². The van der Waals surface area contributed by atoms with Crippen LogP contribution in [0, 0.1) is 0 Å². The van der Waals surface area contributed by atoms with Gasteiger partial charge in [-0.1, -0.05) is 60.7 Å². The summed E-state index contributed by atoms with van der Waals surface area (Å²) in [5, 5.41) is 0. The monoisotopic (exact) mass is 340 g/mol. The summed E-state index contributed by atoms with van der Waals surface area (Å²) in [5.41, 5.74) is 3.43. The molecule has 0 fully saturated rings. The fraction of sp³-hybridized carbons (Fsp3) is 0.211. The smallest absolute Gasteiger partial charge is 0.252 e. The zero-order valence-electron chi connectivity index (χ0n) is 13.6. The lowest BCUT2D eigenvalue weighted by Gasteiger charge is -2.26. The number of benzene rings is 2. The van der Waals surface area contributed by atoms with Crippen molar-refractivity contribution in [3.63, 3.8) is 0 Å². The first kappa shape index (κ1) is 16.5. The van der Waals surface area contributed by atoms with Gasteiger partial charge in [0.1, 0.15) is 0 Å². The van der Waals surface area contributed by atoms with E-state index >= 15 is 0 Å². The zero-order chi connectivity index (χ0) is 17.0. The maximum atomic E-state index is 12.5. The van der Waals surface area contributed by atoms with E-state index in [9.17, 15) is 8.42 Å². The van der Waals surface area contributed by atoms with E-state index in [-0.39, 0.29) is 0 Å². The van der Waals surface area contributed by atoms with Crippen molar-refractivity contribution in [1.29, 1.82) is 0 Å². The van der Waals surface area contributed by atoms with Crippen molar-refractivity contribution in [2.45, 2.75) is 26.3 Å². The predicted octanol–water partition coefficient (Wildman–Crippen LogP) is 3.72. The molecule has 2 aromatic carbocycles. The predicted molar refractivity (Wildman–Crippen MR) is 96.9 cm³/mol. The molecule has 0 aliphatic carbocycles. The molecule has 0 amide bonds. The molecule has 0 N–H and O–H groups in total. The Morgan fingerprint density at radius 2 is 1.46 bits per heavy atom. The Hall–Kier alpha value is -2.40. The Balaban J connectivity index is 1.74. The number of nitrogens with zero attached hydrogens (tertiary/aromatic N) is 2. The minimum Gasteiger partial charge on any atom is -0.252 e. The summed E-state index contributed by atoms with van der Waals surface area (Å²) in [4.78, 5) is 0. The highest BCUT2D eigenvalue weighted by atomic mass is 32.2. The molecule has 0 bridgehead atoms. The van der Waals surface area contributed by atoms with Crippen LogP contribution in [0.5, 0.6) is 0 Å². The summed E-state index contributed by atoms with van der Waals surface area (Å²) in [5.74, 6) is 0. The quantitative estimate of drug-likeness (QED) is 0.833. The first-order valence-electron chi connectivity index (χ1n) is 7.92. The van der Waals surface area contributed by atoms with Crippen molar-refractivity contribution >= 4 is 15.9 Å². The Morgan fingerprint density at radius 1 is 0.875 bits per heavy atom. The van der Waals surface area contributed by atoms with Gasteiger partial charge in [-0.05, 0) is 37.0 Å². The summed E-state index contributed by atoms with van der Waals surface area (Å²) in [6, 6.07) is 19.6. The molecule has 4 nitrogen and oxygen atoms in total. The second-order valence-corrected chi connectivity index (χ2v) is 7.34. The molecule has 0 radical (unpaired) electrons. The fourth-order valence-corrected chi connectivity index (χ4v) is 3.98. The SMILES string of the molecule is CC1=CC(CCc2ccccc2)=NS(=O)(=O)N1Cc1ccccc1. The van der Waals surface area contributed by atoms with E-state index in [0.29, 0.717) is 24.4 Å². The van der Waals surface area contributed by atoms with Crippen LogP contribution >= 0.6 is 0 Å². The van der Waals surface area contributed by atoms with Gasteiger partial charge in [0.15, 0.2) is 0 Å². The Kier molecular flexibility index (Phi) is 4.81. The lowest BCUT2D eigenvalue weighted by molar-refractivity contribution is 0.472. The molecular formula is C19H20N2O2S. The van der Waals surface area contributed by atoms with Crippen LogP contribution in [0.4, 0.5) is 0 Å². The van der Waals surface area contributed by atoms with Gasteiger partial charge in [-0.15, -0.1) is 4.40 Å². The van der Waals surface area contributed by atoms with Gasteiger partial charge in [-0.3, -0.25) is 4.31 Å². The minimum atomic E-state index is -3.67. The molecule has 1 heterocycles. The highest BCUT2D eigenvalue weighted by Gasteiger charge is 2.26. The van der Waals surface area contributed by atoms with Crippen LogP contribution in [0.1, 0.15) is 24.5 Å². The van der Waals surface area contributed by atoms with Crippen LogP contribution in [-0.2, 0) is 23.2 Å². The van der Waals surface area contributed by atoms with Crippen molar-refractivity contribution < 1.29 is 8.42 Å². The highest BCUT2D eigenvalue weighted by Crippen LogP contribution is 2.22. The van der Waals surface area contributed by atoms with E-state index in [4.69, 9.17) is 0 Å². The molecule has 2 aromatic rings. The molecule has 1 aliphatic rings. The topological polar surface area (TPSA) is 49.7 Å². The first-order valence-corrected chi connectivity index (χ1v) is 9.32. The minimum absolute atomic E-state index is 0.307. The van der Waals surface area contributed by atoms with Crippen LogP contribution < -0.4 is 0 Å². The van der Waals surface area contributed by atoms with E-state index in [1.807, 2.05) is 73.7 Å². The normalized spacial score (nSPS) is 16.5. The molecule has 0 unspecified atom stereocenters. The number of aryl methyl sites for hydroxylation is 1. The van der Waals surface area contributed by atoms with Crippen molar-refractivity contribution in [1.82, 2.24) is 4.31 Å². The lowest BCUT2D eigenvalue weighted by Crippen LogP contribution is -2.31. The summed E-state index contributed by atoms with van der Waals surface area (Å²) in [7, 11) is -3.67. The lowest BCUT2D eigenvalue weighted by atomic mass is 10.1. The molecule has 3 rings (SSSR count). The van der Waals surface area contributed by atoms with Crippen molar-refractivity contribution in [3.05, 3.63) is 83.6 Å². The third-order valence-electron chi connectivity index (χ3n) is 3.96. The van der Waals surface area contributed by atoms with Crippen LogP contribution in [0.15, 0.2) is 76.8 Å². The van der Waals surface area contributed by atoms with Gasteiger partial charge in [-0.25, -0.2) is 0 Å². The third kappa shape index (κ3) is 3.92. The second-order valence-electron chi connectivity index (χ2n) is 5.82. The van der Waals surface area contributed by atoms with Crippen LogP contribution in [-0.4, -0.2) is 18.4 Å². The maximum absolute atomic E-state index is 12.5. The highest BCUT2D eigenvalue weighted by molar-refractivity contribution is 7.88. The van der Waals surface area contributed by atoms with Gasteiger partial charge < -0.3 is 0 Å². The van der Waals surface area contributed by atoms with Gasteiger partial charge >= 0.3 is 10.2 Å². The molecule has 1 aliphatic heterocycles. The molecule has 0 saturated heterocycles. The van der Waals surface area contributed by atoms with Crippen LogP contribution in [0.2, 0.25) is 0 Å². The van der Waals surface area contributed by atoms with E-state index in [1.165, 1.54) is 9.87 Å². The van der Waals surface area contributed by atoms with Crippen LogP contribution in [0.25, 0.3) is 0 Å². The molecular weight excluding hydrogens is 320 g/mol. The van der Waals surface area contributed by atoms with Gasteiger partial charge in [0.05, 0.1) is 12.3 Å². The zero-order valence-corrected chi connectivity index (χ0v) is 14.4. The number of allylic oxidation sites excluding steroid dienone is 2. The largest absolute Gasteiger partial charge is 0.344 e. The Bertz CT molecular complexity index is 857. The standard InChI is InChI=1S/C19H20N2O2S/c1-16-14-19(13-12-17-8-4-2-5-9-17)20-24(22,23)21(16)15-18-10-6-3-7-11-18/h2-11,14H,12-13,15H2,1H3. The second kappa shape index (κ2) is 7.01. The first-order chi connectivity index (χ1) is 11.5. The van der Waals surface area contributed by atoms with Gasteiger partial charge in [-0.2, -0.15) is 8.42 Å². The van der Waals surface area contributed by atoms with Crippen molar-refractivity contribution in [3.8, 4) is 0 Å². The molecule has 24 heavy (non-hydrogen) atoms. The number of rotatable bonds is 5. The van der Waals surface area contributed by atoms with Gasteiger partial charge in [0, 0.05) is 5.70 Å². The molecule has 0 aromatic heterocycles.